The molecule has 1 rings (SSSR count). The minimum Gasteiger partial charge on any atom is -0.425 e. The smallest absolute Gasteiger partial charge is 0.334 e. The van der Waals surface area contributed by atoms with Gasteiger partial charge in [0, 0.05) is 0 Å². The summed E-state index contributed by atoms with van der Waals surface area (Å²) in [7, 11) is -3.27. The maximum absolute atomic E-state index is 5.10. The monoisotopic (exact) mass is 200 g/mol. The fraction of sp³-hybridized carbons (Fsp3) is 0. The van der Waals surface area contributed by atoms with E-state index in [0.717, 1.165) is 0 Å². The lowest BCUT2D eigenvalue weighted by atomic mass is 14.9. The molecule has 5 nitrogen and oxygen atoms in total. The van der Waals surface area contributed by atoms with E-state index in [1.807, 2.05) is 0 Å². The van der Waals surface area contributed by atoms with Crippen molar-refractivity contribution in [1.82, 2.24) is 0 Å². The van der Waals surface area contributed by atoms with E-state index < -0.39 is 40.0 Å². The second-order valence-corrected chi connectivity index (χ2v) is 7.63. The van der Waals surface area contributed by atoms with Gasteiger partial charge in [0.05, 0.1) is 0 Å². The molecule has 0 N–H and O–H groups in total. The molecule has 0 unspecified atom stereocenters. The lowest BCUT2D eigenvalue weighted by molar-refractivity contribution is -0.118. The maximum Gasteiger partial charge on any atom is 0.334 e. The summed E-state index contributed by atoms with van der Waals surface area (Å²) < 4.78 is 24.5. The van der Waals surface area contributed by atoms with E-state index in [0.29, 0.717) is 0 Å². The molecule has 1 fully saturated rings. The molecular formula is H8O5Si4. The Morgan fingerprint density at radius 3 is 1.56 bits per heavy atom. The molecule has 0 aromatic rings. The SMILES string of the molecule is O1O[SiH2]O[SiH2]O[SiH2]O[SiH2]1. The average Bonchev–Trinajstić information content (AvgIpc) is 2.00. The predicted octanol–water partition coefficient (Wildman–Crippen LogP) is -4.01. The zero-order valence-corrected chi connectivity index (χ0v) is 10.5. The van der Waals surface area contributed by atoms with Crippen LogP contribution in [0.25, 0.3) is 0 Å². The van der Waals surface area contributed by atoms with Gasteiger partial charge < -0.3 is 12.3 Å². The first-order valence-corrected chi connectivity index (χ1v) is 7.09. The van der Waals surface area contributed by atoms with Gasteiger partial charge in [0.1, 0.15) is 0 Å². The first kappa shape index (κ1) is 7.77. The van der Waals surface area contributed by atoms with Gasteiger partial charge in [-0.1, -0.05) is 0 Å². The highest BCUT2D eigenvalue weighted by Gasteiger charge is 1.97. The van der Waals surface area contributed by atoms with Crippen molar-refractivity contribution in [3.05, 3.63) is 0 Å². The summed E-state index contributed by atoms with van der Waals surface area (Å²) in [4.78, 5) is 0. The van der Waals surface area contributed by atoms with Crippen molar-refractivity contribution in [3.8, 4) is 0 Å². The van der Waals surface area contributed by atoms with Crippen molar-refractivity contribution < 1.29 is 21.5 Å². The fourth-order valence-corrected chi connectivity index (χ4v) is 5.33. The third-order valence-electron chi connectivity index (χ3n) is 0.680. The summed E-state index contributed by atoms with van der Waals surface area (Å²) in [5.74, 6) is 0. The minimum atomic E-state index is -0.879. The summed E-state index contributed by atoms with van der Waals surface area (Å²) in [5, 5.41) is 0. The van der Waals surface area contributed by atoms with Crippen LogP contribution < -0.4 is 0 Å². The quantitative estimate of drug-likeness (QED) is 0.295. The molecule has 0 aliphatic carbocycles. The Labute approximate surface area is 62.1 Å². The Hall–Kier alpha value is 0.668. The zero-order chi connectivity index (χ0) is 6.36. The zero-order valence-electron chi connectivity index (χ0n) is 4.87. The van der Waals surface area contributed by atoms with Crippen molar-refractivity contribution in [2.24, 2.45) is 0 Å². The lowest BCUT2D eigenvalue weighted by Crippen LogP contribution is -2.11. The van der Waals surface area contributed by atoms with E-state index in [4.69, 9.17) is 12.3 Å². The molecule has 54 valence electrons. The molecule has 0 amide bonds. The van der Waals surface area contributed by atoms with Gasteiger partial charge in [-0.25, -0.2) is 0 Å². The Bertz CT molecular complexity index is 37.4. The number of hydrogen-bond donors (Lipinski definition) is 0. The third-order valence-corrected chi connectivity index (χ3v) is 5.54. The van der Waals surface area contributed by atoms with E-state index in [9.17, 15) is 0 Å². The molecule has 9 heteroatoms. The topological polar surface area (TPSA) is 46.2 Å². The van der Waals surface area contributed by atoms with Gasteiger partial charge in [-0.3, -0.25) is 9.15 Å². The average molecular weight is 200 g/mol. The normalized spacial score (nSPS) is 34.7. The van der Waals surface area contributed by atoms with E-state index in [-0.39, 0.29) is 0 Å². The highest BCUT2D eigenvalue weighted by atomic mass is 28.4. The van der Waals surface area contributed by atoms with Crippen molar-refractivity contribution >= 4 is 40.0 Å². The Morgan fingerprint density at radius 1 is 0.556 bits per heavy atom. The molecule has 0 radical (unpaired) electrons. The Kier molecular flexibility index (Phi) is 4.71. The fourth-order valence-electron chi connectivity index (χ4n) is 0.356. The van der Waals surface area contributed by atoms with Crippen LogP contribution in [-0.2, 0) is 21.5 Å². The number of rotatable bonds is 0. The molecule has 1 aliphatic heterocycles. The molecule has 1 heterocycles. The summed E-state index contributed by atoms with van der Waals surface area (Å²) in [6.07, 6.45) is 0. The first-order chi connectivity index (χ1) is 4.50. The highest BCUT2D eigenvalue weighted by Crippen LogP contribution is 1.81. The van der Waals surface area contributed by atoms with Gasteiger partial charge in [0.2, 0.25) is 0 Å². The predicted molar refractivity (Wildman–Crippen MR) is 39.6 cm³/mol. The summed E-state index contributed by atoms with van der Waals surface area (Å²) in [6.45, 7) is 0. The molecule has 1 aliphatic rings. The van der Waals surface area contributed by atoms with Gasteiger partial charge in [-0.2, -0.15) is 0 Å². The first-order valence-electron chi connectivity index (χ1n) is 2.48. The molecular weight excluding hydrogens is 192 g/mol. The van der Waals surface area contributed by atoms with Gasteiger partial charge >= 0.3 is 20.0 Å². The Balaban J connectivity index is 2.02. The van der Waals surface area contributed by atoms with Gasteiger partial charge in [0.15, 0.2) is 0 Å². The van der Waals surface area contributed by atoms with E-state index >= 15 is 0 Å². The van der Waals surface area contributed by atoms with Crippen LogP contribution in [0.1, 0.15) is 0 Å². The van der Waals surface area contributed by atoms with Crippen LogP contribution in [0.15, 0.2) is 0 Å². The van der Waals surface area contributed by atoms with Crippen LogP contribution >= 0.6 is 0 Å². The molecule has 0 spiro atoms. The third kappa shape index (κ3) is 4.12. The van der Waals surface area contributed by atoms with E-state index in [1.54, 1.807) is 0 Å². The highest BCUT2D eigenvalue weighted by molar-refractivity contribution is 6.45. The van der Waals surface area contributed by atoms with E-state index in [2.05, 4.69) is 9.15 Å². The molecule has 9 heavy (non-hydrogen) atoms. The van der Waals surface area contributed by atoms with Gasteiger partial charge in [0.25, 0.3) is 20.0 Å². The van der Waals surface area contributed by atoms with Crippen LogP contribution in [0, 0.1) is 0 Å². The standard InChI is InChI=1S/H8O5Si4/c1-2-7-4-9-5-8-3-6-1/h6-9H2. The van der Waals surface area contributed by atoms with Crippen LogP contribution in [0.5, 0.6) is 0 Å². The number of hydrogen-bond acceptors (Lipinski definition) is 5. The van der Waals surface area contributed by atoms with Crippen molar-refractivity contribution in [2.75, 3.05) is 0 Å². The molecule has 0 atom stereocenters. The lowest BCUT2D eigenvalue weighted by Gasteiger charge is -1.98. The molecule has 0 bridgehead atoms. The summed E-state index contributed by atoms with van der Waals surface area (Å²) >= 11 is 0. The summed E-state index contributed by atoms with van der Waals surface area (Å²) in [6, 6.07) is 0. The largest absolute Gasteiger partial charge is 0.425 e. The molecule has 0 saturated carbocycles. The molecule has 0 aromatic heterocycles. The van der Waals surface area contributed by atoms with Crippen LogP contribution in [0.2, 0.25) is 0 Å². The molecule has 0 aromatic carbocycles. The van der Waals surface area contributed by atoms with Crippen LogP contribution in [0.3, 0.4) is 0 Å². The van der Waals surface area contributed by atoms with Gasteiger partial charge in [-0.15, -0.1) is 0 Å². The second-order valence-electron chi connectivity index (χ2n) is 1.32. The van der Waals surface area contributed by atoms with Crippen LogP contribution in [0.4, 0.5) is 0 Å². The second kappa shape index (κ2) is 5.45. The summed E-state index contributed by atoms with van der Waals surface area (Å²) in [5.41, 5.74) is 0. The molecule has 1 saturated heterocycles. The van der Waals surface area contributed by atoms with Crippen LogP contribution in [-0.4, -0.2) is 40.0 Å². The van der Waals surface area contributed by atoms with Crippen molar-refractivity contribution in [3.63, 3.8) is 0 Å². The minimum absolute atomic E-state index is 0.755. The maximum atomic E-state index is 5.10. The Morgan fingerprint density at radius 2 is 1.00 bits per heavy atom. The van der Waals surface area contributed by atoms with Gasteiger partial charge in [-0.05, 0) is 0 Å². The van der Waals surface area contributed by atoms with Crippen molar-refractivity contribution in [1.29, 1.82) is 0 Å². The van der Waals surface area contributed by atoms with Crippen molar-refractivity contribution in [2.45, 2.75) is 0 Å². The van der Waals surface area contributed by atoms with E-state index in [1.165, 1.54) is 0 Å².